The van der Waals surface area contributed by atoms with Crippen LogP contribution in [0.15, 0.2) is 22.7 Å². The van der Waals surface area contributed by atoms with Gasteiger partial charge in [-0.15, -0.1) is 0 Å². The number of carbonyl (C=O) groups excluding carboxylic acids is 1. The Kier molecular flexibility index (Phi) is 2.13. The second-order valence-corrected chi connectivity index (χ2v) is 5.45. The number of halogens is 1. The molecule has 0 bridgehead atoms. The minimum atomic E-state index is -0.312. The Morgan fingerprint density at radius 1 is 1.50 bits per heavy atom. The van der Waals surface area contributed by atoms with E-state index in [1.165, 1.54) is 5.56 Å². The predicted octanol–water partition coefficient (Wildman–Crippen LogP) is 1.66. The van der Waals surface area contributed by atoms with Gasteiger partial charge in [-0.3, -0.25) is 4.79 Å². The molecule has 3 nitrogen and oxygen atoms in total. The van der Waals surface area contributed by atoms with E-state index in [1.807, 2.05) is 19.2 Å². The van der Waals surface area contributed by atoms with E-state index in [4.69, 9.17) is 0 Å². The van der Waals surface area contributed by atoms with Crippen LogP contribution in [-0.2, 0) is 10.2 Å². The Morgan fingerprint density at radius 2 is 2.31 bits per heavy atom. The van der Waals surface area contributed by atoms with Gasteiger partial charge in [-0.25, -0.2) is 0 Å². The molecular weight excluding hydrogens is 268 g/mol. The zero-order chi connectivity index (χ0) is 11.3. The van der Waals surface area contributed by atoms with Crippen molar-refractivity contribution < 1.29 is 4.79 Å². The maximum Gasteiger partial charge on any atom is 0.238 e. The summed E-state index contributed by atoms with van der Waals surface area (Å²) in [7, 11) is 1.86. The molecule has 2 aliphatic rings. The van der Waals surface area contributed by atoms with Crippen LogP contribution in [0.5, 0.6) is 0 Å². The van der Waals surface area contributed by atoms with E-state index >= 15 is 0 Å². The van der Waals surface area contributed by atoms with E-state index in [-0.39, 0.29) is 11.3 Å². The highest BCUT2D eigenvalue weighted by Crippen LogP contribution is 2.45. The molecule has 1 aromatic carbocycles. The largest absolute Gasteiger partial charge is 0.315 e. The van der Waals surface area contributed by atoms with Gasteiger partial charge in [0, 0.05) is 23.8 Å². The zero-order valence-corrected chi connectivity index (χ0v) is 10.7. The van der Waals surface area contributed by atoms with Gasteiger partial charge in [0.2, 0.25) is 5.91 Å². The summed E-state index contributed by atoms with van der Waals surface area (Å²) in [6.45, 7) is 1.69. The first-order valence-electron chi connectivity index (χ1n) is 5.44. The second-order valence-electron chi connectivity index (χ2n) is 4.53. The van der Waals surface area contributed by atoms with Gasteiger partial charge in [-0.2, -0.15) is 0 Å². The molecule has 1 atom stereocenters. The highest BCUT2D eigenvalue weighted by Gasteiger charge is 2.51. The number of fused-ring (bicyclic) bond motifs is 2. The van der Waals surface area contributed by atoms with Crippen LogP contribution in [0.2, 0.25) is 0 Å². The fourth-order valence-corrected chi connectivity index (χ4v) is 3.20. The van der Waals surface area contributed by atoms with Crippen LogP contribution in [0.4, 0.5) is 5.69 Å². The molecule has 0 aromatic heterocycles. The number of anilines is 1. The van der Waals surface area contributed by atoms with Crippen molar-refractivity contribution in [1.82, 2.24) is 5.32 Å². The van der Waals surface area contributed by atoms with Crippen LogP contribution in [0, 0.1) is 0 Å². The third-order valence-electron chi connectivity index (χ3n) is 3.70. The van der Waals surface area contributed by atoms with Gasteiger partial charge in [0.1, 0.15) is 0 Å². The van der Waals surface area contributed by atoms with Gasteiger partial charge in [0.05, 0.1) is 5.41 Å². The minimum Gasteiger partial charge on any atom is -0.315 e. The Balaban J connectivity index is 2.23. The van der Waals surface area contributed by atoms with Crippen LogP contribution >= 0.6 is 15.9 Å². The second kappa shape index (κ2) is 3.31. The fourth-order valence-electron chi connectivity index (χ4n) is 2.83. The third-order valence-corrected chi connectivity index (χ3v) is 4.20. The molecule has 2 aliphatic heterocycles. The summed E-state index contributed by atoms with van der Waals surface area (Å²) >= 11 is 3.48. The molecule has 1 unspecified atom stereocenters. The molecule has 1 saturated heterocycles. The molecule has 0 radical (unpaired) electrons. The van der Waals surface area contributed by atoms with Crippen LogP contribution in [0.3, 0.4) is 0 Å². The molecular formula is C12H13BrN2O. The van der Waals surface area contributed by atoms with E-state index < -0.39 is 0 Å². The first-order valence-corrected chi connectivity index (χ1v) is 6.23. The lowest BCUT2D eigenvalue weighted by molar-refractivity contribution is -0.122. The number of hydrogen-bond acceptors (Lipinski definition) is 2. The predicted molar refractivity (Wildman–Crippen MR) is 66.7 cm³/mol. The molecule has 84 valence electrons. The molecule has 1 amide bonds. The Bertz CT molecular complexity index is 466. The van der Waals surface area contributed by atoms with Crippen molar-refractivity contribution in [3.05, 3.63) is 28.2 Å². The number of hydrogen-bond donors (Lipinski definition) is 1. The molecule has 2 heterocycles. The fraction of sp³-hybridized carbons (Fsp3) is 0.417. The van der Waals surface area contributed by atoms with Crippen LogP contribution in [0.1, 0.15) is 12.0 Å². The minimum absolute atomic E-state index is 0.227. The van der Waals surface area contributed by atoms with Crippen molar-refractivity contribution in [1.29, 1.82) is 0 Å². The lowest BCUT2D eigenvalue weighted by atomic mass is 9.81. The lowest BCUT2D eigenvalue weighted by Gasteiger charge is -2.20. The highest BCUT2D eigenvalue weighted by atomic mass is 79.9. The molecule has 1 aromatic rings. The van der Waals surface area contributed by atoms with Crippen molar-refractivity contribution in [2.75, 3.05) is 25.0 Å². The molecule has 4 heteroatoms. The zero-order valence-electron chi connectivity index (χ0n) is 9.09. The summed E-state index contributed by atoms with van der Waals surface area (Å²) < 4.78 is 1.04. The Morgan fingerprint density at radius 3 is 3.00 bits per heavy atom. The van der Waals surface area contributed by atoms with Crippen molar-refractivity contribution in [3.63, 3.8) is 0 Å². The number of nitrogens with zero attached hydrogens (tertiary/aromatic N) is 1. The number of nitrogens with one attached hydrogen (secondary N) is 1. The first-order chi connectivity index (χ1) is 7.65. The van der Waals surface area contributed by atoms with Gasteiger partial charge >= 0.3 is 0 Å². The van der Waals surface area contributed by atoms with Gasteiger partial charge in [-0.1, -0.05) is 15.9 Å². The smallest absolute Gasteiger partial charge is 0.238 e. The molecule has 16 heavy (non-hydrogen) atoms. The number of rotatable bonds is 0. The van der Waals surface area contributed by atoms with Crippen molar-refractivity contribution in [2.45, 2.75) is 11.8 Å². The van der Waals surface area contributed by atoms with Crippen LogP contribution < -0.4 is 10.2 Å². The van der Waals surface area contributed by atoms with Crippen molar-refractivity contribution in [3.8, 4) is 0 Å². The molecule has 1 spiro atoms. The van der Waals surface area contributed by atoms with Crippen molar-refractivity contribution >= 4 is 27.5 Å². The summed E-state index contributed by atoms with van der Waals surface area (Å²) in [6.07, 6.45) is 0.902. The summed E-state index contributed by atoms with van der Waals surface area (Å²) in [6, 6.07) is 6.10. The SMILES string of the molecule is CN1C(=O)C2(CCNC2)c2cc(Br)ccc21. The summed E-state index contributed by atoms with van der Waals surface area (Å²) in [5.41, 5.74) is 1.91. The summed E-state index contributed by atoms with van der Waals surface area (Å²) in [5.74, 6) is 0.227. The molecule has 0 aliphatic carbocycles. The van der Waals surface area contributed by atoms with E-state index in [2.05, 4.69) is 27.3 Å². The normalized spacial score (nSPS) is 27.9. The van der Waals surface area contributed by atoms with Crippen LogP contribution in [-0.4, -0.2) is 26.0 Å². The average molecular weight is 281 g/mol. The number of amides is 1. The Hall–Kier alpha value is -0.870. The monoisotopic (exact) mass is 280 g/mol. The van der Waals surface area contributed by atoms with Gasteiger partial charge in [0.15, 0.2) is 0 Å². The molecule has 3 rings (SSSR count). The summed E-state index contributed by atoms with van der Waals surface area (Å²) in [4.78, 5) is 14.2. The van der Waals surface area contributed by atoms with Gasteiger partial charge in [0.25, 0.3) is 0 Å². The highest BCUT2D eigenvalue weighted by molar-refractivity contribution is 9.10. The summed E-state index contributed by atoms with van der Waals surface area (Å²) in [5, 5.41) is 3.30. The first kappa shape index (κ1) is 10.3. The maximum atomic E-state index is 12.4. The number of carbonyl (C=O) groups is 1. The quantitative estimate of drug-likeness (QED) is 0.784. The van der Waals surface area contributed by atoms with Crippen molar-refractivity contribution in [2.24, 2.45) is 0 Å². The lowest BCUT2D eigenvalue weighted by Crippen LogP contribution is -2.40. The molecule has 1 N–H and O–H groups in total. The number of likely N-dealkylation sites (N-methyl/N-ethyl adjacent to an activating group) is 1. The topological polar surface area (TPSA) is 32.3 Å². The standard InChI is InChI=1S/C12H13BrN2O/c1-15-10-3-2-8(13)6-9(10)12(11(15)16)4-5-14-7-12/h2-3,6,14H,4-5,7H2,1H3. The third kappa shape index (κ3) is 1.14. The molecule has 1 fully saturated rings. The maximum absolute atomic E-state index is 12.4. The Labute approximate surface area is 103 Å². The van der Waals surface area contributed by atoms with E-state index in [0.29, 0.717) is 0 Å². The van der Waals surface area contributed by atoms with Gasteiger partial charge in [-0.05, 0) is 36.7 Å². The van der Waals surface area contributed by atoms with E-state index in [0.717, 1.165) is 29.7 Å². The van der Waals surface area contributed by atoms with E-state index in [1.54, 1.807) is 4.90 Å². The average Bonchev–Trinajstić information content (AvgIpc) is 2.83. The van der Waals surface area contributed by atoms with Gasteiger partial charge < -0.3 is 10.2 Å². The number of benzene rings is 1. The molecule has 0 saturated carbocycles. The van der Waals surface area contributed by atoms with E-state index in [9.17, 15) is 4.79 Å². The van der Waals surface area contributed by atoms with Crippen LogP contribution in [0.25, 0.3) is 0 Å².